The average Bonchev–Trinajstić information content (AvgIpc) is 2.41. The van der Waals surface area contributed by atoms with Gasteiger partial charge >= 0.3 is 0 Å². The molecule has 1 aromatic rings. The van der Waals surface area contributed by atoms with Crippen LogP contribution in [0.1, 0.15) is 63.0 Å². The van der Waals surface area contributed by atoms with Gasteiger partial charge in [0.05, 0.1) is 5.38 Å². The highest BCUT2D eigenvalue weighted by Gasteiger charge is 2.33. The van der Waals surface area contributed by atoms with E-state index in [2.05, 4.69) is 20.8 Å². The monoisotopic (exact) mass is 314 g/mol. The summed E-state index contributed by atoms with van der Waals surface area (Å²) in [6.45, 7) is 8.48. The number of aryl methyl sites for hydroxylation is 1. The van der Waals surface area contributed by atoms with Crippen LogP contribution in [0.5, 0.6) is 0 Å². The van der Waals surface area contributed by atoms with Gasteiger partial charge in [-0.05, 0) is 61.5 Å². The highest BCUT2D eigenvalue weighted by Crippen LogP contribution is 2.45. The molecule has 1 aliphatic rings. The Kier molecular flexibility index (Phi) is 4.97. The average molecular weight is 315 g/mol. The third kappa shape index (κ3) is 3.77. The summed E-state index contributed by atoms with van der Waals surface area (Å²) < 4.78 is 27.3. The Balaban J connectivity index is 2.09. The fourth-order valence-corrected chi connectivity index (χ4v) is 3.84. The van der Waals surface area contributed by atoms with Crippen molar-refractivity contribution in [1.29, 1.82) is 0 Å². The van der Waals surface area contributed by atoms with E-state index in [1.807, 2.05) is 0 Å². The molecule has 3 heteroatoms. The molecule has 21 heavy (non-hydrogen) atoms. The molecule has 1 aliphatic carbocycles. The van der Waals surface area contributed by atoms with E-state index >= 15 is 0 Å². The Hall–Kier alpha value is -0.630. The smallest absolute Gasteiger partial charge is 0.130 e. The summed E-state index contributed by atoms with van der Waals surface area (Å²) in [6.07, 6.45) is 4.32. The van der Waals surface area contributed by atoms with Gasteiger partial charge in [0.1, 0.15) is 11.6 Å². The van der Waals surface area contributed by atoms with Crippen LogP contribution in [0, 0.1) is 35.8 Å². The maximum Gasteiger partial charge on any atom is 0.130 e. The first-order valence-corrected chi connectivity index (χ1v) is 8.23. The van der Waals surface area contributed by atoms with Crippen molar-refractivity contribution in [3.63, 3.8) is 0 Å². The summed E-state index contributed by atoms with van der Waals surface area (Å²) in [6, 6.07) is 2.53. The minimum absolute atomic E-state index is 0.282. The van der Waals surface area contributed by atoms with E-state index in [4.69, 9.17) is 11.6 Å². The van der Waals surface area contributed by atoms with Gasteiger partial charge in [0, 0.05) is 11.6 Å². The standard InChI is InChI=1S/C18H25ClF2/c1-11-9-14(16(21)10-15(11)20)17(19)12-5-7-13(8-6-12)18(2,3)4/h9-10,12-13,17H,5-8H2,1-4H3. The Bertz CT molecular complexity index is 497. The van der Waals surface area contributed by atoms with Gasteiger partial charge in [0.15, 0.2) is 0 Å². The molecule has 1 fully saturated rings. The van der Waals surface area contributed by atoms with Crippen LogP contribution in [0.2, 0.25) is 0 Å². The van der Waals surface area contributed by atoms with E-state index in [1.165, 1.54) is 0 Å². The minimum atomic E-state index is -0.518. The van der Waals surface area contributed by atoms with Gasteiger partial charge < -0.3 is 0 Å². The number of hydrogen-bond donors (Lipinski definition) is 0. The van der Waals surface area contributed by atoms with Gasteiger partial charge in [-0.15, -0.1) is 11.6 Å². The number of halogens is 3. The van der Waals surface area contributed by atoms with E-state index in [9.17, 15) is 8.78 Å². The third-order valence-electron chi connectivity index (χ3n) is 4.99. The lowest BCUT2D eigenvalue weighted by molar-refractivity contribution is 0.148. The molecule has 0 spiro atoms. The summed E-state index contributed by atoms with van der Waals surface area (Å²) in [5.41, 5.74) is 1.24. The van der Waals surface area contributed by atoms with Crippen molar-refractivity contribution in [1.82, 2.24) is 0 Å². The fraction of sp³-hybridized carbons (Fsp3) is 0.667. The van der Waals surface area contributed by atoms with Crippen LogP contribution in [0.4, 0.5) is 8.78 Å². The summed E-state index contributed by atoms with van der Waals surface area (Å²) >= 11 is 6.51. The van der Waals surface area contributed by atoms with Crippen molar-refractivity contribution in [2.75, 3.05) is 0 Å². The second kappa shape index (κ2) is 6.24. The van der Waals surface area contributed by atoms with Gasteiger partial charge in [0.25, 0.3) is 0 Å². The second-order valence-corrected chi connectivity index (χ2v) is 7.97. The van der Waals surface area contributed by atoms with Crippen LogP contribution >= 0.6 is 11.6 Å². The number of alkyl halides is 1. The van der Waals surface area contributed by atoms with Crippen molar-refractivity contribution < 1.29 is 8.78 Å². The lowest BCUT2D eigenvalue weighted by Crippen LogP contribution is -2.27. The topological polar surface area (TPSA) is 0 Å². The molecular weight excluding hydrogens is 290 g/mol. The molecule has 0 N–H and O–H groups in total. The predicted molar refractivity (Wildman–Crippen MR) is 84.6 cm³/mol. The Labute approximate surface area is 131 Å². The Morgan fingerprint density at radius 3 is 2.14 bits per heavy atom. The Morgan fingerprint density at radius 1 is 1.05 bits per heavy atom. The Morgan fingerprint density at radius 2 is 1.62 bits per heavy atom. The van der Waals surface area contributed by atoms with Crippen LogP contribution in [0.3, 0.4) is 0 Å². The van der Waals surface area contributed by atoms with E-state index in [0.717, 1.165) is 31.7 Å². The molecule has 118 valence electrons. The van der Waals surface area contributed by atoms with Gasteiger partial charge in [0.2, 0.25) is 0 Å². The summed E-state index contributed by atoms with van der Waals surface area (Å²) in [7, 11) is 0. The summed E-state index contributed by atoms with van der Waals surface area (Å²) in [4.78, 5) is 0. The lowest BCUT2D eigenvalue weighted by atomic mass is 9.69. The highest BCUT2D eigenvalue weighted by molar-refractivity contribution is 6.21. The largest absolute Gasteiger partial charge is 0.207 e. The zero-order valence-corrected chi connectivity index (χ0v) is 14.1. The van der Waals surface area contributed by atoms with E-state index in [0.29, 0.717) is 22.5 Å². The zero-order valence-electron chi connectivity index (χ0n) is 13.3. The molecule has 1 atom stereocenters. The van der Waals surface area contributed by atoms with Gasteiger partial charge in [-0.2, -0.15) is 0 Å². The van der Waals surface area contributed by atoms with Crippen LogP contribution in [0.15, 0.2) is 12.1 Å². The van der Waals surface area contributed by atoms with Gasteiger partial charge in [-0.1, -0.05) is 20.8 Å². The highest BCUT2D eigenvalue weighted by atomic mass is 35.5. The normalized spacial score (nSPS) is 24.9. The maximum absolute atomic E-state index is 14.0. The van der Waals surface area contributed by atoms with Crippen molar-refractivity contribution in [3.05, 3.63) is 34.9 Å². The molecule has 0 aliphatic heterocycles. The molecule has 0 heterocycles. The molecule has 0 amide bonds. The molecular formula is C18H25ClF2. The molecule has 1 unspecified atom stereocenters. The third-order valence-corrected chi connectivity index (χ3v) is 5.58. The maximum atomic E-state index is 14.0. The first kappa shape index (κ1) is 16.7. The van der Waals surface area contributed by atoms with E-state index < -0.39 is 11.6 Å². The molecule has 2 rings (SSSR count). The summed E-state index contributed by atoms with van der Waals surface area (Å²) in [5.74, 6) is -0.0327. The lowest BCUT2D eigenvalue weighted by Gasteiger charge is -2.38. The van der Waals surface area contributed by atoms with Gasteiger partial charge in [-0.25, -0.2) is 8.78 Å². The molecule has 0 bridgehead atoms. The molecule has 0 nitrogen and oxygen atoms in total. The summed E-state index contributed by atoms with van der Waals surface area (Å²) in [5, 5.41) is -0.356. The molecule has 0 radical (unpaired) electrons. The quantitative estimate of drug-likeness (QED) is 0.554. The molecule has 1 aromatic carbocycles. The second-order valence-electron chi connectivity index (χ2n) is 7.50. The van der Waals surface area contributed by atoms with Crippen molar-refractivity contribution >= 4 is 11.6 Å². The molecule has 0 saturated heterocycles. The minimum Gasteiger partial charge on any atom is -0.207 e. The van der Waals surface area contributed by atoms with Crippen molar-refractivity contribution in [2.24, 2.45) is 17.3 Å². The first-order chi connectivity index (χ1) is 9.70. The predicted octanol–water partition coefficient (Wildman–Crippen LogP) is 6.41. The number of benzene rings is 1. The van der Waals surface area contributed by atoms with Crippen molar-refractivity contribution in [2.45, 2.75) is 58.8 Å². The van der Waals surface area contributed by atoms with Crippen molar-refractivity contribution in [3.8, 4) is 0 Å². The SMILES string of the molecule is Cc1cc(C(Cl)C2CCC(C(C)(C)C)CC2)c(F)cc1F. The molecule has 0 aromatic heterocycles. The van der Waals surface area contributed by atoms with E-state index in [1.54, 1.807) is 13.0 Å². The van der Waals surface area contributed by atoms with Crippen LogP contribution in [-0.4, -0.2) is 0 Å². The van der Waals surface area contributed by atoms with E-state index in [-0.39, 0.29) is 11.3 Å². The van der Waals surface area contributed by atoms with Crippen LogP contribution in [-0.2, 0) is 0 Å². The zero-order chi connectivity index (χ0) is 15.8. The van der Waals surface area contributed by atoms with Crippen LogP contribution in [0.25, 0.3) is 0 Å². The molecule has 1 saturated carbocycles. The van der Waals surface area contributed by atoms with Gasteiger partial charge in [-0.3, -0.25) is 0 Å². The van der Waals surface area contributed by atoms with Crippen LogP contribution < -0.4 is 0 Å². The number of hydrogen-bond acceptors (Lipinski definition) is 0. The fourth-order valence-electron chi connectivity index (χ4n) is 3.42. The number of rotatable bonds is 2. The first-order valence-electron chi connectivity index (χ1n) is 7.79.